The molecule has 2 rings (SSSR count). The highest BCUT2D eigenvalue weighted by atomic mass is 16.3. The molecular weight excluding hydrogens is 244 g/mol. The smallest absolute Gasteiger partial charge is 0.242 e. The van der Waals surface area contributed by atoms with Crippen LogP contribution in [-0.4, -0.2) is 38.7 Å². The van der Waals surface area contributed by atoms with Crippen molar-refractivity contribution < 1.29 is 9.90 Å². The van der Waals surface area contributed by atoms with Crippen LogP contribution < -0.4 is 5.32 Å². The Labute approximate surface area is 113 Å². The Morgan fingerprint density at radius 1 is 1.47 bits per heavy atom. The minimum Gasteiger partial charge on any atom is -0.396 e. The van der Waals surface area contributed by atoms with Gasteiger partial charge in [-0.1, -0.05) is 12.1 Å². The highest BCUT2D eigenvalue weighted by Gasteiger charge is 2.19. The van der Waals surface area contributed by atoms with E-state index >= 15 is 0 Å². The second-order valence-electron chi connectivity index (χ2n) is 5.41. The maximum atomic E-state index is 11.9. The van der Waals surface area contributed by atoms with Crippen LogP contribution in [0.2, 0.25) is 0 Å². The van der Waals surface area contributed by atoms with Crippen LogP contribution in [0.5, 0.6) is 0 Å². The van der Waals surface area contributed by atoms with E-state index in [4.69, 9.17) is 5.11 Å². The van der Waals surface area contributed by atoms with Crippen LogP contribution in [0.4, 0.5) is 0 Å². The molecule has 1 saturated carbocycles. The van der Waals surface area contributed by atoms with Crippen LogP contribution in [0, 0.1) is 5.92 Å². The first-order valence-corrected chi connectivity index (χ1v) is 6.96. The molecule has 1 aliphatic carbocycles. The fourth-order valence-electron chi connectivity index (χ4n) is 2.47. The number of nitrogens with one attached hydrogen (secondary N) is 1. The first-order chi connectivity index (χ1) is 9.17. The summed E-state index contributed by atoms with van der Waals surface area (Å²) in [5, 5.41) is 19.6. The molecule has 0 radical (unpaired) electrons. The van der Waals surface area contributed by atoms with Crippen LogP contribution in [0.1, 0.15) is 38.3 Å². The van der Waals surface area contributed by atoms with Crippen LogP contribution in [0.25, 0.3) is 0 Å². The third-order valence-electron chi connectivity index (χ3n) is 3.64. The van der Waals surface area contributed by atoms with Gasteiger partial charge in [-0.25, -0.2) is 4.68 Å². The second kappa shape index (κ2) is 6.65. The Hall–Kier alpha value is -1.43. The number of aliphatic hydroxyl groups is 1. The predicted molar refractivity (Wildman–Crippen MR) is 70.4 cm³/mol. The average Bonchev–Trinajstić information content (AvgIpc) is 2.80. The highest BCUT2D eigenvalue weighted by molar-refractivity contribution is 5.75. The van der Waals surface area contributed by atoms with Crippen molar-refractivity contribution in [3.63, 3.8) is 0 Å². The molecule has 1 aromatic heterocycles. The van der Waals surface area contributed by atoms with Crippen molar-refractivity contribution in [1.82, 2.24) is 20.3 Å². The number of aliphatic hydroxyl groups excluding tert-OH is 1. The SMILES string of the molecule is CC1CCC(NC(=O)Cn2cc(CCO)nn2)CC1. The van der Waals surface area contributed by atoms with Crippen LogP contribution in [0.3, 0.4) is 0 Å². The Morgan fingerprint density at radius 2 is 2.21 bits per heavy atom. The Bertz CT molecular complexity index is 411. The fraction of sp³-hybridized carbons (Fsp3) is 0.769. The zero-order chi connectivity index (χ0) is 13.7. The largest absolute Gasteiger partial charge is 0.396 e. The minimum absolute atomic E-state index is 0.0139. The number of aromatic nitrogens is 3. The van der Waals surface area contributed by atoms with Gasteiger partial charge >= 0.3 is 0 Å². The number of nitrogens with zero attached hydrogens (tertiary/aromatic N) is 3. The maximum absolute atomic E-state index is 11.9. The third-order valence-corrected chi connectivity index (χ3v) is 3.64. The molecule has 0 atom stereocenters. The van der Waals surface area contributed by atoms with E-state index in [1.807, 2.05) is 0 Å². The molecule has 106 valence electrons. The van der Waals surface area contributed by atoms with Crippen molar-refractivity contribution in [2.75, 3.05) is 6.61 Å². The summed E-state index contributed by atoms with van der Waals surface area (Å²) in [5.74, 6) is 0.768. The van der Waals surface area contributed by atoms with Crippen LogP contribution >= 0.6 is 0 Å². The molecular formula is C13H22N4O2. The molecule has 0 unspecified atom stereocenters. The van der Waals surface area contributed by atoms with Crippen molar-refractivity contribution in [3.8, 4) is 0 Å². The van der Waals surface area contributed by atoms with Gasteiger partial charge in [0.2, 0.25) is 5.91 Å². The molecule has 6 nitrogen and oxygen atoms in total. The van der Waals surface area contributed by atoms with Gasteiger partial charge in [0.1, 0.15) is 6.54 Å². The van der Waals surface area contributed by atoms with E-state index in [-0.39, 0.29) is 19.1 Å². The number of hydrogen-bond acceptors (Lipinski definition) is 4. The van der Waals surface area contributed by atoms with Gasteiger partial charge in [0.15, 0.2) is 0 Å². The lowest BCUT2D eigenvalue weighted by molar-refractivity contribution is -0.122. The number of hydrogen-bond donors (Lipinski definition) is 2. The Balaban J connectivity index is 1.77. The van der Waals surface area contributed by atoms with Crippen molar-refractivity contribution in [1.29, 1.82) is 0 Å². The molecule has 2 N–H and O–H groups in total. The monoisotopic (exact) mass is 266 g/mol. The van der Waals surface area contributed by atoms with Crippen LogP contribution in [-0.2, 0) is 17.8 Å². The summed E-state index contributed by atoms with van der Waals surface area (Å²) in [4.78, 5) is 11.9. The van der Waals surface area contributed by atoms with Crippen molar-refractivity contribution >= 4 is 5.91 Å². The summed E-state index contributed by atoms with van der Waals surface area (Å²) in [6.07, 6.45) is 6.70. The molecule has 1 amide bonds. The highest BCUT2D eigenvalue weighted by Crippen LogP contribution is 2.23. The zero-order valence-electron chi connectivity index (χ0n) is 11.4. The number of carbonyl (C=O) groups excluding carboxylic acids is 1. The van der Waals surface area contributed by atoms with Gasteiger partial charge in [-0.05, 0) is 31.6 Å². The molecule has 19 heavy (non-hydrogen) atoms. The molecule has 1 aromatic rings. The van der Waals surface area contributed by atoms with Gasteiger partial charge < -0.3 is 10.4 Å². The summed E-state index contributed by atoms with van der Waals surface area (Å²) in [5.41, 5.74) is 0.710. The van der Waals surface area contributed by atoms with E-state index in [1.165, 1.54) is 17.5 Å². The number of amides is 1. The van der Waals surface area contributed by atoms with E-state index in [0.717, 1.165) is 18.8 Å². The van der Waals surface area contributed by atoms with Crippen LogP contribution in [0.15, 0.2) is 6.20 Å². The summed E-state index contributed by atoms with van der Waals surface area (Å²) in [6, 6.07) is 0.309. The van der Waals surface area contributed by atoms with Gasteiger partial charge in [0.05, 0.1) is 5.69 Å². The number of rotatable bonds is 5. The first-order valence-electron chi connectivity index (χ1n) is 6.96. The molecule has 0 aromatic carbocycles. The van der Waals surface area contributed by atoms with Gasteiger partial charge in [-0.2, -0.15) is 0 Å². The molecule has 0 saturated heterocycles. The van der Waals surface area contributed by atoms with Crippen molar-refractivity contribution in [3.05, 3.63) is 11.9 Å². The van der Waals surface area contributed by atoms with E-state index < -0.39 is 0 Å². The quantitative estimate of drug-likeness (QED) is 0.813. The molecule has 0 bridgehead atoms. The van der Waals surface area contributed by atoms with E-state index in [0.29, 0.717) is 18.2 Å². The lowest BCUT2D eigenvalue weighted by Gasteiger charge is -2.26. The van der Waals surface area contributed by atoms with Crippen molar-refractivity contribution in [2.24, 2.45) is 5.92 Å². The molecule has 1 aliphatic rings. The van der Waals surface area contributed by atoms with Gasteiger partial charge in [0, 0.05) is 25.3 Å². The van der Waals surface area contributed by atoms with Crippen molar-refractivity contribution in [2.45, 2.75) is 51.6 Å². The zero-order valence-corrected chi connectivity index (χ0v) is 11.4. The van der Waals surface area contributed by atoms with Gasteiger partial charge in [0.25, 0.3) is 0 Å². The molecule has 6 heteroatoms. The standard InChI is InChI=1S/C13H22N4O2/c1-10-2-4-11(5-3-10)14-13(19)9-17-8-12(6-7-18)15-16-17/h8,10-11,18H,2-7,9H2,1H3,(H,14,19). The Morgan fingerprint density at radius 3 is 2.89 bits per heavy atom. The molecule has 1 heterocycles. The average molecular weight is 266 g/mol. The fourth-order valence-corrected chi connectivity index (χ4v) is 2.47. The minimum atomic E-state index is -0.0139. The summed E-state index contributed by atoms with van der Waals surface area (Å²) < 4.78 is 1.52. The summed E-state index contributed by atoms with van der Waals surface area (Å²) in [6.45, 7) is 2.51. The predicted octanol–water partition coefficient (Wildman–Crippen LogP) is 0.508. The molecule has 1 fully saturated rings. The summed E-state index contributed by atoms with van der Waals surface area (Å²) >= 11 is 0. The van der Waals surface area contributed by atoms with E-state index in [9.17, 15) is 4.79 Å². The summed E-state index contributed by atoms with van der Waals surface area (Å²) in [7, 11) is 0. The number of carbonyl (C=O) groups is 1. The van der Waals surface area contributed by atoms with Gasteiger partial charge in [-0.3, -0.25) is 4.79 Å². The first kappa shape index (κ1) is 14.0. The molecule has 0 spiro atoms. The maximum Gasteiger partial charge on any atom is 0.242 e. The normalized spacial score (nSPS) is 23.3. The van der Waals surface area contributed by atoms with E-state index in [1.54, 1.807) is 6.20 Å². The Kier molecular flexibility index (Phi) is 4.90. The lowest BCUT2D eigenvalue weighted by atomic mass is 9.87. The van der Waals surface area contributed by atoms with E-state index in [2.05, 4.69) is 22.6 Å². The topological polar surface area (TPSA) is 80.0 Å². The van der Waals surface area contributed by atoms with Gasteiger partial charge in [-0.15, -0.1) is 5.10 Å². The third kappa shape index (κ3) is 4.31. The molecule has 0 aliphatic heterocycles. The second-order valence-corrected chi connectivity index (χ2v) is 5.41. The lowest BCUT2D eigenvalue weighted by Crippen LogP contribution is -2.39.